The van der Waals surface area contributed by atoms with E-state index in [4.69, 9.17) is 9.26 Å². The third-order valence-electron chi connectivity index (χ3n) is 4.16. The van der Waals surface area contributed by atoms with Crippen molar-refractivity contribution in [1.29, 1.82) is 0 Å². The first-order valence-electron chi connectivity index (χ1n) is 8.29. The smallest absolute Gasteiger partial charge is 0.321 e. The summed E-state index contributed by atoms with van der Waals surface area (Å²) < 4.78 is 10.5. The van der Waals surface area contributed by atoms with E-state index in [1.807, 2.05) is 24.3 Å². The summed E-state index contributed by atoms with van der Waals surface area (Å²) >= 11 is 0. The average molecular weight is 316 g/mol. The number of likely N-dealkylation sites (tertiary alicyclic amines) is 1. The minimum absolute atomic E-state index is 0.470. The first kappa shape index (κ1) is 15.8. The monoisotopic (exact) mass is 316 g/mol. The van der Waals surface area contributed by atoms with Crippen molar-refractivity contribution in [2.75, 3.05) is 38.6 Å². The topological polar surface area (TPSA) is 63.4 Å². The van der Waals surface area contributed by atoms with Crippen LogP contribution in [0.5, 0.6) is 5.75 Å². The Morgan fingerprint density at radius 3 is 2.83 bits per heavy atom. The Hall–Kier alpha value is -2.08. The molecular weight excluding hydrogens is 292 g/mol. The molecule has 0 atom stereocenters. The molecule has 0 spiro atoms. The van der Waals surface area contributed by atoms with Crippen LogP contribution in [0.25, 0.3) is 11.4 Å². The van der Waals surface area contributed by atoms with Crippen LogP contribution in [0.2, 0.25) is 0 Å². The van der Waals surface area contributed by atoms with E-state index >= 15 is 0 Å². The zero-order valence-electron chi connectivity index (χ0n) is 13.6. The molecule has 1 N–H and O–H groups in total. The molecule has 2 aromatic rings. The van der Waals surface area contributed by atoms with Crippen LogP contribution in [-0.4, -0.2) is 48.3 Å². The maximum absolute atomic E-state index is 5.28. The first-order chi connectivity index (χ1) is 11.3. The Kier molecular flexibility index (Phi) is 5.47. The molecule has 0 unspecified atom stereocenters. The maximum Gasteiger partial charge on any atom is 0.321 e. The van der Waals surface area contributed by atoms with Gasteiger partial charge in [-0.15, -0.1) is 0 Å². The van der Waals surface area contributed by atoms with Crippen LogP contribution < -0.4 is 10.1 Å². The molecule has 2 heterocycles. The first-order valence-corrected chi connectivity index (χ1v) is 8.29. The van der Waals surface area contributed by atoms with Crippen molar-refractivity contribution in [3.63, 3.8) is 0 Å². The molecule has 0 radical (unpaired) electrons. The SMILES string of the molecule is COc1cccc(-c2noc(NCCN3CCCCCC3)n2)c1. The van der Waals surface area contributed by atoms with E-state index in [1.54, 1.807) is 7.11 Å². The van der Waals surface area contributed by atoms with E-state index in [-0.39, 0.29) is 0 Å². The molecule has 0 saturated carbocycles. The highest BCUT2D eigenvalue weighted by atomic mass is 16.5. The second kappa shape index (κ2) is 7.97. The number of rotatable bonds is 6. The Balaban J connectivity index is 1.52. The van der Waals surface area contributed by atoms with Crippen molar-refractivity contribution in [2.45, 2.75) is 25.7 Å². The lowest BCUT2D eigenvalue weighted by atomic mass is 10.2. The normalized spacial score (nSPS) is 16.0. The molecule has 6 heteroatoms. The third-order valence-corrected chi connectivity index (χ3v) is 4.16. The molecule has 124 valence electrons. The molecular formula is C17H24N4O2. The predicted octanol–water partition coefficient (Wildman–Crippen LogP) is 3.03. The molecule has 1 aromatic carbocycles. The summed E-state index contributed by atoms with van der Waals surface area (Å²) in [6.45, 7) is 4.22. The molecule has 6 nitrogen and oxygen atoms in total. The lowest BCUT2D eigenvalue weighted by Crippen LogP contribution is -2.30. The zero-order valence-corrected chi connectivity index (χ0v) is 13.6. The van der Waals surface area contributed by atoms with Gasteiger partial charge in [0.05, 0.1) is 7.11 Å². The van der Waals surface area contributed by atoms with Gasteiger partial charge in [-0.05, 0) is 38.1 Å². The number of benzene rings is 1. The summed E-state index contributed by atoms with van der Waals surface area (Å²) in [4.78, 5) is 6.89. The number of ether oxygens (including phenoxy) is 1. The lowest BCUT2D eigenvalue weighted by Gasteiger charge is -2.19. The largest absolute Gasteiger partial charge is 0.497 e. The van der Waals surface area contributed by atoms with Crippen LogP contribution in [0.3, 0.4) is 0 Å². The van der Waals surface area contributed by atoms with E-state index in [0.29, 0.717) is 11.8 Å². The van der Waals surface area contributed by atoms with Crippen molar-refractivity contribution >= 4 is 6.01 Å². The van der Waals surface area contributed by atoms with Gasteiger partial charge in [0.15, 0.2) is 0 Å². The van der Waals surface area contributed by atoms with Crippen molar-refractivity contribution in [3.05, 3.63) is 24.3 Å². The number of anilines is 1. The van der Waals surface area contributed by atoms with Crippen LogP contribution in [0, 0.1) is 0 Å². The maximum atomic E-state index is 5.28. The zero-order chi connectivity index (χ0) is 15.9. The molecule has 0 amide bonds. The van der Waals surface area contributed by atoms with Crippen LogP contribution in [0.15, 0.2) is 28.8 Å². The van der Waals surface area contributed by atoms with Gasteiger partial charge in [0.2, 0.25) is 5.82 Å². The van der Waals surface area contributed by atoms with E-state index in [2.05, 4.69) is 20.4 Å². The number of hydrogen-bond acceptors (Lipinski definition) is 6. The molecule has 1 aliphatic rings. The molecule has 1 aliphatic heterocycles. The Morgan fingerprint density at radius 2 is 2.04 bits per heavy atom. The molecule has 1 aromatic heterocycles. The van der Waals surface area contributed by atoms with Gasteiger partial charge in [-0.25, -0.2) is 0 Å². The fraction of sp³-hybridized carbons (Fsp3) is 0.529. The second-order valence-electron chi connectivity index (χ2n) is 5.84. The fourth-order valence-corrected chi connectivity index (χ4v) is 2.86. The van der Waals surface area contributed by atoms with Gasteiger partial charge in [-0.3, -0.25) is 0 Å². The van der Waals surface area contributed by atoms with Gasteiger partial charge in [0, 0.05) is 18.7 Å². The number of aromatic nitrogens is 2. The van der Waals surface area contributed by atoms with E-state index in [1.165, 1.54) is 38.8 Å². The summed E-state index contributed by atoms with van der Waals surface area (Å²) in [6, 6.07) is 8.11. The van der Waals surface area contributed by atoms with Crippen LogP contribution in [-0.2, 0) is 0 Å². The molecule has 23 heavy (non-hydrogen) atoms. The van der Waals surface area contributed by atoms with Gasteiger partial charge in [0.25, 0.3) is 0 Å². The van der Waals surface area contributed by atoms with Crippen LogP contribution in [0.1, 0.15) is 25.7 Å². The van der Waals surface area contributed by atoms with Crippen molar-refractivity contribution in [1.82, 2.24) is 15.0 Å². The van der Waals surface area contributed by atoms with E-state index in [9.17, 15) is 0 Å². The average Bonchev–Trinajstić information content (AvgIpc) is 2.91. The van der Waals surface area contributed by atoms with Gasteiger partial charge < -0.3 is 19.5 Å². The predicted molar refractivity (Wildman–Crippen MR) is 89.7 cm³/mol. The Bertz CT molecular complexity index is 606. The van der Waals surface area contributed by atoms with Crippen LogP contribution >= 0.6 is 0 Å². The van der Waals surface area contributed by atoms with Gasteiger partial charge in [-0.2, -0.15) is 4.98 Å². The summed E-state index contributed by atoms with van der Waals surface area (Å²) in [6.07, 6.45) is 5.33. The highest BCUT2D eigenvalue weighted by Gasteiger charge is 2.11. The number of nitrogens with zero attached hydrogens (tertiary/aromatic N) is 3. The molecule has 1 fully saturated rings. The van der Waals surface area contributed by atoms with Gasteiger partial charge in [-0.1, -0.05) is 30.1 Å². The quantitative estimate of drug-likeness (QED) is 0.884. The summed E-state index contributed by atoms with van der Waals surface area (Å²) in [5.74, 6) is 1.35. The number of nitrogens with one attached hydrogen (secondary N) is 1. The standard InChI is InChI=1S/C17H24N4O2/c1-22-15-8-6-7-14(13-15)16-19-17(23-20-16)18-9-12-21-10-4-2-3-5-11-21/h6-8,13H,2-5,9-12H2,1H3,(H,18,19,20). The molecule has 1 saturated heterocycles. The van der Waals surface area contributed by atoms with Crippen molar-refractivity contribution in [3.8, 4) is 17.1 Å². The number of hydrogen-bond donors (Lipinski definition) is 1. The fourth-order valence-electron chi connectivity index (χ4n) is 2.86. The molecule has 3 rings (SSSR count). The highest BCUT2D eigenvalue weighted by molar-refractivity contribution is 5.57. The van der Waals surface area contributed by atoms with Gasteiger partial charge >= 0.3 is 6.01 Å². The summed E-state index contributed by atoms with van der Waals surface area (Å²) in [7, 11) is 1.64. The van der Waals surface area contributed by atoms with Crippen molar-refractivity contribution < 1.29 is 9.26 Å². The summed E-state index contributed by atoms with van der Waals surface area (Å²) in [5.41, 5.74) is 0.883. The van der Waals surface area contributed by atoms with E-state index in [0.717, 1.165) is 24.4 Å². The van der Waals surface area contributed by atoms with Crippen molar-refractivity contribution in [2.24, 2.45) is 0 Å². The summed E-state index contributed by atoms with van der Waals surface area (Å²) in [5, 5.41) is 7.24. The molecule has 0 aliphatic carbocycles. The number of methoxy groups -OCH3 is 1. The highest BCUT2D eigenvalue weighted by Crippen LogP contribution is 2.22. The minimum Gasteiger partial charge on any atom is -0.497 e. The van der Waals surface area contributed by atoms with Crippen LogP contribution in [0.4, 0.5) is 6.01 Å². The Labute approximate surface area is 136 Å². The van der Waals surface area contributed by atoms with Gasteiger partial charge in [0.1, 0.15) is 5.75 Å². The Morgan fingerprint density at radius 1 is 1.22 bits per heavy atom. The lowest BCUT2D eigenvalue weighted by molar-refractivity contribution is 0.295. The second-order valence-corrected chi connectivity index (χ2v) is 5.84. The molecule has 0 bridgehead atoms. The third kappa shape index (κ3) is 4.45. The van der Waals surface area contributed by atoms with E-state index < -0.39 is 0 Å². The minimum atomic E-state index is 0.470.